The van der Waals surface area contributed by atoms with E-state index in [1.54, 1.807) is 0 Å². The number of benzene rings is 2. The van der Waals surface area contributed by atoms with E-state index in [9.17, 15) is 0 Å². The van der Waals surface area contributed by atoms with E-state index in [1.807, 2.05) is 26.8 Å². The molecule has 1 saturated heterocycles. The van der Waals surface area contributed by atoms with Crippen LogP contribution in [0.1, 0.15) is 67.3 Å². The molecular formula is C32H39N5O3. The quantitative estimate of drug-likeness (QED) is 0.313. The molecule has 8 nitrogen and oxygen atoms in total. The number of ether oxygens (including phenoxy) is 3. The number of aromatic amines is 1. The van der Waals surface area contributed by atoms with Crippen LogP contribution in [0, 0.1) is 20.8 Å². The molecule has 2 aliphatic heterocycles. The maximum absolute atomic E-state index is 6.48. The Labute approximate surface area is 236 Å². The Hall–Kier alpha value is -3.49. The molecule has 2 aliphatic rings. The Kier molecular flexibility index (Phi) is 6.79. The van der Waals surface area contributed by atoms with Gasteiger partial charge in [-0.2, -0.15) is 10.1 Å². The van der Waals surface area contributed by atoms with Crippen LogP contribution in [0.5, 0.6) is 5.88 Å². The smallest absolute Gasteiger partial charge is 0.222 e. The number of hydrogen-bond donors (Lipinski definition) is 1. The summed E-state index contributed by atoms with van der Waals surface area (Å²) < 4.78 is 18.3. The lowest BCUT2D eigenvalue weighted by atomic mass is 9.98. The average molecular weight is 542 g/mol. The zero-order chi connectivity index (χ0) is 28.2. The lowest BCUT2D eigenvalue weighted by Crippen LogP contribution is -2.33. The number of hydrogen-bond acceptors (Lipinski definition) is 7. The molecule has 1 atom stereocenters. The first-order valence-electron chi connectivity index (χ1n) is 14.2. The van der Waals surface area contributed by atoms with Crippen molar-refractivity contribution in [2.75, 3.05) is 24.7 Å². The topological polar surface area (TPSA) is 85.4 Å². The molecule has 0 saturated carbocycles. The normalized spacial score (nSPS) is 18.5. The van der Waals surface area contributed by atoms with E-state index in [2.05, 4.69) is 67.1 Å². The van der Waals surface area contributed by atoms with Gasteiger partial charge in [-0.1, -0.05) is 32.0 Å². The molecule has 0 spiro atoms. The summed E-state index contributed by atoms with van der Waals surface area (Å²) in [5, 5.41) is 8.66. The molecule has 4 heterocycles. The van der Waals surface area contributed by atoms with E-state index in [1.165, 1.54) is 16.8 Å². The Balaban J connectivity index is 1.41. The summed E-state index contributed by atoms with van der Waals surface area (Å²) in [6.45, 7) is 17.1. The summed E-state index contributed by atoms with van der Waals surface area (Å²) in [6, 6.07) is 10.9. The van der Waals surface area contributed by atoms with Crippen LogP contribution in [0.25, 0.3) is 22.3 Å². The number of fused-ring (bicyclic) bond motifs is 2. The summed E-state index contributed by atoms with van der Waals surface area (Å²) in [5.41, 5.74) is 9.97. The van der Waals surface area contributed by atoms with Crippen molar-refractivity contribution >= 4 is 16.6 Å². The summed E-state index contributed by atoms with van der Waals surface area (Å²) in [6.07, 6.45) is 0.650. The zero-order valence-corrected chi connectivity index (χ0v) is 24.6. The number of nitrogens with one attached hydrogen (secondary N) is 1. The van der Waals surface area contributed by atoms with Crippen molar-refractivity contribution in [1.82, 2.24) is 20.2 Å². The van der Waals surface area contributed by atoms with Crippen LogP contribution in [-0.4, -0.2) is 51.8 Å². The molecule has 0 aliphatic carbocycles. The number of rotatable bonds is 6. The molecule has 8 heteroatoms. The minimum absolute atomic E-state index is 0.157. The van der Waals surface area contributed by atoms with E-state index in [4.69, 9.17) is 24.2 Å². The van der Waals surface area contributed by atoms with Gasteiger partial charge in [0.05, 0.1) is 29.9 Å². The number of aromatic nitrogens is 4. The number of anilines is 1. The van der Waals surface area contributed by atoms with Gasteiger partial charge in [0, 0.05) is 35.3 Å². The van der Waals surface area contributed by atoms with E-state index in [0.29, 0.717) is 37.4 Å². The predicted octanol–water partition coefficient (Wildman–Crippen LogP) is 6.16. The highest BCUT2D eigenvalue weighted by Crippen LogP contribution is 2.37. The molecule has 210 valence electrons. The van der Waals surface area contributed by atoms with Gasteiger partial charge in [0.15, 0.2) is 11.6 Å². The fraction of sp³-hybridized carbons (Fsp3) is 0.469. The fourth-order valence-electron chi connectivity index (χ4n) is 5.82. The van der Waals surface area contributed by atoms with Gasteiger partial charge in [-0.3, -0.25) is 5.10 Å². The Morgan fingerprint density at radius 2 is 1.90 bits per heavy atom. The monoisotopic (exact) mass is 541 g/mol. The Bertz CT molecular complexity index is 1570. The van der Waals surface area contributed by atoms with Gasteiger partial charge < -0.3 is 19.1 Å². The van der Waals surface area contributed by atoms with Crippen molar-refractivity contribution in [2.24, 2.45) is 0 Å². The van der Waals surface area contributed by atoms with E-state index in [-0.39, 0.29) is 6.10 Å². The van der Waals surface area contributed by atoms with Crippen molar-refractivity contribution in [3.05, 3.63) is 64.0 Å². The Morgan fingerprint density at radius 3 is 2.65 bits per heavy atom. The molecule has 0 radical (unpaired) electrons. The lowest BCUT2D eigenvalue weighted by Gasteiger charge is -2.33. The van der Waals surface area contributed by atoms with Crippen molar-refractivity contribution in [3.8, 4) is 17.3 Å². The molecule has 6 rings (SSSR count). The fourth-order valence-corrected chi connectivity index (χ4v) is 5.82. The van der Waals surface area contributed by atoms with Crippen molar-refractivity contribution in [2.45, 2.75) is 79.2 Å². The second kappa shape index (κ2) is 10.2. The van der Waals surface area contributed by atoms with Gasteiger partial charge in [0.1, 0.15) is 12.7 Å². The molecule has 2 aromatic heterocycles. The first-order chi connectivity index (χ1) is 19.1. The SMILES string of the molecule is Cc1ccc(C(C)C)cc1N1CCc2nc(-c3c(C)ccc4n[nH]c(C)c34)nc(OCC3COC(C)(C)O3)c2C1. The second-order valence-corrected chi connectivity index (χ2v) is 11.9. The van der Waals surface area contributed by atoms with Crippen LogP contribution in [0.2, 0.25) is 0 Å². The minimum Gasteiger partial charge on any atom is -0.474 e. The second-order valence-electron chi connectivity index (χ2n) is 11.9. The molecule has 1 N–H and O–H groups in total. The summed E-state index contributed by atoms with van der Waals surface area (Å²) in [7, 11) is 0. The largest absolute Gasteiger partial charge is 0.474 e. The molecule has 0 bridgehead atoms. The van der Waals surface area contributed by atoms with Crippen molar-refractivity contribution < 1.29 is 14.2 Å². The van der Waals surface area contributed by atoms with Gasteiger partial charge in [-0.15, -0.1) is 0 Å². The van der Waals surface area contributed by atoms with E-state index >= 15 is 0 Å². The van der Waals surface area contributed by atoms with E-state index in [0.717, 1.165) is 51.9 Å². The molecule has 1 unspecified atom stereocenters. The third-order valence-corrected chi connectivity index (χ3v) is 8.07. The van der Waals surface area contributed by atoms with Crippen molar-refractivity contribution in [1.29, 1.82) is 0 Å². The highest BCUT2D eigenvalue weighted by molar-refractivity contribution is 5.96. The van der Waals surface area contributed by atoms with Gasteiger partial charge in [-0.05, 0) is 69.4 Å². The third-order valence-electron chi connectivity index (χ3n) is 8.07. The van der Waals surface area contributed by atoms with Crippen LogP contribution in [0.4, 0.5) is 5.69 Å². The maximum atomic E-state index is 6.48. The predicted molar refractivity (Wildman–Crippen MR) is 157 cm³/mol. The highest BCUT2D eigenvalue weighted by atomic mass is 16.7. The van der Waals surface area contributed by atoms with Gasteiger partial charge >= 0.3 is 0 Å². The standard InChI is InChI=1S/C32H39N5O3/c1-18(2)22-10-8-19(3)27(14-22)37-13-12-25-24(15-37)31(38-16-23-17-39-32(6,7)40-23)34-30(33-25)28-20(4)9-11-26-29(28)21(5)35-36-26/h8-11,14,18,23H,12-13,15-17H2,1-7H3,(H,35,36). The minimum atomic E-state index is -0.606. The average Bonchev–Trinajstić information content (AvgIpc) is 3.47. The van der Waals surface area contributed by atoms with Crippen LogP contribution < -0.4 is 9.64 Å². The molecule has 2 aromatic carbocycles. The highest BCUT2D eigenvalue weighted by Gasteiger charge is 2.34. The number of aryl methyl sites for hydroxylation is 3. The van der Waals surface area contributed by atoms with Crippen LogP contribution in [0.15, 0.2) is 30.3 Å². The molecule has 4 aromatic rings. The molecule has 1 fully saturated rings. The van der Waals surface area contributed by atoms with Crippen molar-refractivity contribution in [3.63, 3.8) is 0 Å². The lowest BCUT2D eigenvalue weighted by molar-refractivity contribution is -0.141. The van der Waals surface area contributed by atoms with Crippen LogP contribution in [-0.2, 0) is 22.4 Å². The zero-order valence-electron chi connectivity index (χ0n) is 24.6. The third kappa shape index (κ3) is 4.95. The number of nitrogens with zero attached hydrogens (tertiary/aromatic N) is 4. The summed E-state index contributed by atoms with van der Waals surface area (Å²) in [4.78, 5) is 12.7. The van der Waals surface area contributed by atoms with Gasteiger partial charge in [0.2, 0.25) is 5.88 Å². The van der Waals surface area contributed by atoms with Crippen LogP contribution >= 0.6 is 0 Å². The first kappa shape index (κ1) is 26.7. The van der Waals surface area contributed by atoms with E-state index < -0.39 is 5.79 Å². The maximum Gasteiger partial charge on any atom is 0.222 e. The summed E-state index contributed by atoms with van der Waals surface area (Å²) in [5.74, 6) is 1.16. The summed E-state index contributed by atoms with van der Waals surface area (Å²) >= 11 is 0. The Morgan fingerprint density at radius 1 is 1.10 bits per heavy atom. The molecular weight excluding hydrogens is 502 g/mol. The van der Waals surface area contributed by atoms with Gasteiger partial charge in [-0.25, -0.2) is 4.98 Å². The van der Waals surface area contributed by atoms with Gasteiger partial charge in [0.25, 0.3) is 0 Å². The number of H-pyrrole nitrogens is 1. The first-order valence-corrected chi connectivity index (χ1v) is 14.2. The van der Waals surface area contributed by atoms with Crippen LogP contribution in [0.3, 0.4) is 0 Å². The molecule has 0 amide bonds. The molecule has 40 heavy (non-hydrogen) atoms.